The summed E-state index contributed by atoms with van der Waals surface area (Å²) in [6.07, 6.45) is 4.18. The summed E-state index contributed by atoms with van der Waals surface area (Å²) >= 11 is 1.64. The highest BCUT2D eigenvalue weighted by Gasteiger charge is 2.38. The highest BCUT2D eigenvalue weighted by atomic mass is 32.2. The first-order chi connectivity index (χ1) is 10.6. The van der Waals surface area contributed by atoms with E-state index in [0.29, 0.717) is 17.4 Å². The molecule has 3 rings (SSSR count). The molecular formula is C16H21N3O2S. The molecule has 0 radical (unpaired) electrons. The third-order valence-corrected chi connectivity index (χ3v) is 5.32. The molecule has 22 heavy (non-hydrogen) atoms. The van der Waals surface area contributed by atoms with E-state index in [1.54, 1.807) is 22.7 Å². The van der Waals surface area contributed by atoms with Gasteiger partial charge in [0, 0.05) is 17.4 Å². The van der Waals surface area contributed by atoms with Crippen molar-refractivity contribution in [3.05, 3.63) is 23.9 Å². The van der Waals surface area contributed by atoms with E-state index in [0.717, 1.165) is 31.4 Å². The lowest BCUT2D eigenvalue weighted by Crippen LogP contribution is -2.46. The van der Waals surface area contributed by atoms with E-state index in [1.807, 2.05) is 19.1 Å². The average Bonchev–Trinajstić information content (AvgIpc) is 3.18. The first-order valence-corrected chi connectivity index (χ1v) is 8.93. The van der Waals surface area contributed by atoms with E-state index in [1.165, 1.54) is 0 Å². The van der Waals surface area contributed by atoms with Gasteiger partial charge >= 0.3 is 0 Å². The minimum Gasteiger partial charge on any atom is -0.320 e. The molecule has 0 aromatic carbocycles. The second-order valence-electron chi connectivity index (χ2n) is 5.96. The second-order valence-corrected chi connectivity index (χ2v) is 6.96. The standard InChI is InChI=1S/C16H21N3O2S/c1-11-5-4-8-14(17-11)18-15(20)13-9-22-10-19(13)16(21)12-6-2-3-7-12/h4-5,8,12-13H,2-3,6-7,9-10H2,1H3,(H,17,18,20). The van der Waals surface area contributed by atoms with Crippen LogP contribution in [-0.4, -0.2) is 39.4 Å². The predicted molar refractivity (Wildman–Crippen MR) is 87.5 cm³/mol. The molecule has 2 amide bonds. The molecule has 1 saturated heterocycles. The van der Waals surface area contributed by atoms with E-state index in [4.69, 9.17) is 0 Å². The fourth-order valence-electron chi connectivity index (χ4n) is 3.11. The monoisotopic (exact) mass is 319 g/mol. The highest BCUT2D eigenvalue weighted by molar-refractivity contribution is 7.99. The smallest absolute Gasteiger partial charge is 0.249 e. The Hall–Kier alpha value is -1.56. The molecule has 1 atom stereocenters. The van der Waals surface area contributed by atoms with Gasteiger partial charge < -0.3 is 10.2 Å². The van der Waals surface area contributed by atoms with Crippen molar-refractivity contribution in [2.45, 2.75) is 38.6 Å². The van der Waals surface area contributed by atoms with Gasteiger partial charge in [0.1, 0.15) is 11.9 Å². The van der Waals surface area contributed by atoms with Crippen molar-refractivity contribution in [2.75, 3.05) is 16.9 Å². The third-order valence-electron chi connectivity index (χ3n) is 4.31. The maximum Gasteiger partial charge on any atom is 0.249 e. The molecule has 1 unspecified atom stereocenters. The van der Waals surface area contributed by atoms with Crippen LogP contribution in [0.3, 0.4) is 0 Å². The normalized spacial score (nSPS) is 22.0. The van der Waals surface area contributed by atoms with Crippen LogP contribution in [-0.2, 0) is 9.59 Å². The van der Waals surface area contributed by atoms with Crippen molar-refractivity contribution in [1.29, 1.82) is 0 Å². The molecule has 1 aromatic rings. The lowest BCUT2D eigenvalue weighted by atomic mass is 10.1. The van der Waals surface area contributed by atoms with E-state index < -0.39 is 0 Å². The van der Waals surface area contributed by atoms with Gasteiger partial charge in [-0.25, -0.2) is 4.98 Å². The summed E-state index contributed by atoms with van der Waals surface area (Å²) in [5, 5.41) is 2.84. The minimum absolute atomic E-state index is 0.117. The molecule has 2 fully saturated rings. The number of anilines is 1. The van der Waals surface area contributed by atoms with Crippen LogP contribution < -0.4 is 5.32 Å². The largest absolute Gasteiger partial charge is 0.320 e. The summed E-state index contributed by atoms with van der Waals surface area (Å²) in [5.41, 5.74) is 0.859. The number of amides is 2. The van der Waals surface area contributed by atoms with Crippen LogP contribution >= 0.6 is 11.8 Å². The number of nitrogens with zero attached hydrogens (tertiary/aromatic N) is 2. The first kappa shape index (κ1) is 15.3. The molecular weight excluding hydrogens is 298 g/mol. The fraction of sp³-hybridized carbons (Fsp3) is 0.562. The Labute approximate surface area is 134 Å². The van der Waals surface area contributed by atoms with E-state index in [9.17, 15) is 9.59 Å². The van der Waals surface area contributed by atoms with Crippen LogP contribution in [0.1, 0.15) is 31.4 Å². The molecule has 6 heteroatoms. The third kappa shape index (κ3) is 3.27. The van der Waals surface area contributed by atoms with Crippen molar-refractivity contribution in [2.24, 2.45) is 5.92 Å². The Morgan fingerprint density at radius 1 is 1.32 bits per heavy atom. The van der Waals surface area contributed by atoms with Gasteiger partial charge in [0.2, 0.25) is 11.8 Å². The van der Waals surface area contributed by atoms with Gasteiger partial charge in [0.05, 0.1) is 5.88 Å². The number of thioether (sulfide) groups is 1. The molecule has 1 saturated carbocycles. The molecule has 1 aromatic heterocycles. The lowest BCUT2D eigenvalue weighted by Gasteiger charge is -2.25. The summed E-state index contributed by atoms with van der Waals surface area (Å²) in [5.74, 6) is 1.97. The highest BCUT2D eigenvalue weighted by Crippen LogP contribution is 2.31. The zero-order valence-corrected chi connectivity index (χ0v) is 13.6. The number of aromatic nitrogens is 1. The Morgan fingerprint density at radius 3 is 2.82 bits per heavy atom. The summed E-state index contributed by atoms with van der Waals surface area (Å²) in [6.45, 7) is 1.89. The second kappa shape index (κ2) is 6.69. The molecule has 0 spiro atoms. The van der Waals surface area contributed by atoms with Crippen molar-refractivity contribution < 1.29 is 9.59 Å². The summed E-state index contributed by atoms with van der Waals surface area (Å²) < 4.78 is 0. The summed E-state index contributed by atoms with van der Waals surface area (Å²) in [7, 11) is 0. The number of hydrogen-bond acceptors (Lipinski definition) is 4. The average molecular weight is 319 g/mol. The Morgan fingerprint density at radius 2 is 2.09 bits per heavy atom. The zero-order valence-electron chi connectivity index (χ0n) is 12.7. The van der Waals surface area contributed by atoms with Gasteiger partial charge in [-0.15, -0.1) is 11.8 Å². The van der Waals surface area contributed by atoms with Gasteiger partial charge in [-0.3, -0.25) is 9.59 Å². The molecule has 5 nitrogen and oxygen atoms in total. The maximum atomic E-state index is 12.6. The molecule has 1 N–H and O–H groups in total. The Kier molecular flexibility index (Phi) is 4.66. The minimum atomic E-state index is -0.375. The van der Waals surface area contributed by atoms with Crippen LogP contribution in [0.2, 0.25) is 0 Å². The maximum absolute atomic E-state index is 12.6. The molecule has 0 bridgehead atoms. The van der Waals surface area contributed by atoms with Gasteiger partial charge in [0.25, 0.3) is 0 Å². The number of carbonyl (C=O) groups excluding carboxylic acids is 2. The summed E-state index contributed by atoms with van der Waals surface area (Å²) in [4.78, 5) is 31.1. The fourth-order valence-corrected chi connectivity index (χ4v) is 4.27. The van der Waals surface area contributed by atoms with Gasteiger partial charge in [-0.2, -0.15) is 0 Å². The van der Waals surface area contributed by atoms with Crippen LogP contribution in [0, 0.1) is 12.8 Å². The van der Waals surface area contributed by atoms with Crippen molar-refractivity contribution in [1.82, 2.24) is 9.88 Å². The Bertz CT molecular complexity index is 572. The van der Waals surface area contributed by atoms with Crippen molar-refractivity contribution >= 4 is 29.4 Å². The molecule has 2 heterocycles. The van der Waals surface area contributed by atoms with Crippen LogP contribution in [0.25, 0.3) is 0 Å². The topological polar surface area (TPSA) is 62.3 Å². The van der Waals surface area contributed by atoms with Gasteiger partial charge in [-0.1, -0.05) is 18.9 Å². The number of rotatable bonds is 3. The lowest BCUT2D eigenvalue weighted by molar-refractivity contribution is -0.139. The van der Waals surface area contributed by atoms with E-state index in [-0.39, 0.29) is 23.8 Å². The van der Waals surface area contributed by atoms with Crippen LogP contribution in [0.4, 0.5) is 5.82 Å². The van der Waals surface area contributed by atoms with Gasteiger partial charge in [0.15, 0.2) is 0 Å². The molecule has 2 aliphatic rings. The molecule has 118 valence electrons. The molecule has 1 aliphatic heterocycles. The van der Waals surface area contributed by atoms with Crippen LogP contribution in [0.15, 0.2) is 18.2 Å². The SMILES string of the molecule is Cc1cccc(NC(=O)C2CSCN2C(=O)C2CCCC2)n1. The Balaban J connectivity index is 1.67. The van der Waals surface area contributed by atoms with E-state index in [2.05, 4.69) is 10.3 Å². The van der Waals surface area contributed by atoms with Crippen molar-refractivity contribution in [3.8, 4) is 0 Å². The predicted octanol–water partition coefficient (Wildman–Crippen LogP) is 2.42. The number of aryl methyl sites for hydroxylation is 1. The molecule has 1 aliphatic carbocycles. The number of pyridine rings is 1. The number of hydrogen-bond donors (Lipinski definition) is 1. The quantitative estimate of drug-likeness (QED) is 0.929. The van der Waals surface area contributed by atoms with E-state index >= 15 is 0 Å². The van der Waals surface area contributed by atoms with Crippen molar-refractivity contribution in [3.63, 3.8) is 0 Å². The zero-order chi connectivity index (χ0) is 15.5. The summed E-state index contributed by atoms with van der Waals surface area (Å²) in [6, 6.07) is 5.15. The van der Waals surface area contributed by atoms with Crippen LogP contribution in [0.5, 0.6) is 0 Å². The number of carbonyl (C=O) groups is 2. The first-order valence-electron chi connectivity index (χ1n) is 7.78. The number of nitrogens with one attached hydrogen (secondary N) is 1. The van der Waals surface area contributed by atoms with Gasteiger partial charge in [-0.05, 0) is 31.9 Å².